The summed E-state index contributed by atoms with van der Waals surface area (Å²) in [6, 6.07) is 9.08. The number of hydrogen-bond acceptors (Lipinski definition) is 3. The average molecular weight is 254 g/mol. The summed E-state index contributed by atoms with van der Waals surface area (Å²) in [6.07, 6.45) is 2.43. The predicted molar refractivity (Wildman–Crippen MR) is 67.5 cm³/mol. The molecular weight excluding hydrogens is 240 g/mol. The van der Waals surface area contributed by atoms with Crippen molar-refractivity contribution in [3.05, 3.63) is 35.4 Å². The minimum atomic E-state index is -0.0249. The molecule has 1 saturated carbocycles. The van der Waals surface area contributed by atoms with Gasteiger partial charge in [-0.3, -0.25) is 14.5 Å². The zero-order valence-corrected chi connectivity index (χ0v) is 10.5. The Balaban J connectivity index is 1.80. The number of nitriles is 1. The lowest BCUT2D eigenvalue weighted by Gasteiger charge is -2.29. The van der Waals surface area contributed by atoms with Gasteiger partial charge >= 0.3 is 0 Å². The molecule has 1 aromatic rings. The number of piperidine rings is 1. The Kier molecular flexibility index (Phi) is 2.83. The number of benzene rings is 1. The number of hydrogen-bond donors (Lipinski definition) is 0. The molecule has 2 atom stereocenters. The molecule has 2 aliphatic rings. The predicted octanol–water partition coefficient (Wildman–Crippen LogP) is 1.84. The molecule has 2 bridgehead atoms. The monoisotopic (exact) mass is 254 g/mol. The van der Waals surface area contributed by atoms with E-state index in [0.717, 1.165) is 24.8 Å². The molecule has 1 heterocycles. The lowest BCUT2D eigenvalue weighted by atomic mass is 9.96. The highest BCUT2D eigenvalue weighted by molar-refractivity contribution is 6.00. The standard InChI is InChI=1S/C15H14N2O2/c16-8-10-1-3-11(4-2-10)9-17-14(18)12-5-6-13(7-12)15(17)19/h1-4,12-13H,5-7,9H2. The maximum absolute atomic E-state index is 12.2. The minimum Gasteiger partial charge on any atom is -0.278 e. The van der Waals surface area contributed by atoms with E-state index in [1.165, 1.54) is 4.90 Å². The third-order valence-corrected chi connectivity index (χ3v) is 4.09. The van der Waals surface area contributed by atoms with E-state index in [4.69, 9.17) is 5.26 Å². The Morgan fingerprint density at radius 2 is 1.68 bits per heavy atom. The summed E-state index contributed by atoms with van der Waals surface area (Å²) in [5.74, 6) is 0.0355. The first-order valence-corrected chi connectivity index (χ1v) is 6.53. The lowest BCUT2D eigenvalue weighted by molar-refractivity contribution is -0.153. The first-order chi connectivity index (χ1) is 9.19. The highest BCUT2D eigenvalue weighted by Crippen LogP contribution is 2.38. The Labute approximate surface area is 111 Å². The summed E-state index contributed by atoms with van der Waals surface area (Å²) < 4.78 is 0. The van der Waals surface area contributed by atoms with E-state index in [2.05, 4.69) is 6.07 Å². The minimum absolute atomic E-state index is 0.0249. The third kappa shape index (κ3) is 2.01. The van der Waals surface area contributed by atoms with Crippen LogP contribution in [0.3, 0.4) is 0 Å². The molecule has 2 amide bonds. The smallest absolute Gasteiger partial charge is 0.232 e. The number of imide groups is 1. The van der Waals surface area contributed by atoms with Gasteiger partial charge < -0.3 is 0 Å². The number of carbonyl (C=O) groups excluding carboxylic acids is 2. The van der Waals surface area contributed by atoms with E-state index in [1.54, 1.807) is 24.3 Å². The maximum Gasteiger partial charge on any atom is 0.232 e. The second-order valence-electron chi connectivity index (χ2n) is 5.28. The van der Waals surface area contributed by atoms with Gasteiger partial charge in [0.15, 0.2) is 0 Å². The first-order valence-electron chi connectivity index (χ1n) is 6.53. The topological polar surface area (TPSA) is 61.2 Å². The molecule has 1 saturated heterocycles. The normalized spacial score (nSPS) is 25.5. The van der Waals surface area contributed by atoms with Crippen molar-refractivity contribution in [1.82, 2.24) is 4.90 Å². The van der Waals surface area contributed by atoms with Gasteiger partial charge in [0.25, 0.3) is 0 Å². The Hall–Kier alpha value is -2.15. The second kappa shape index (κ2) is 4.51. The average Bonchev–Trinajstić information content (AvgIpc) is 2.89. The largest absolute Gasteiger partial charge is 0.278 e. The van der Waals surface area contributed by atoms with Crippen molar-refractivity contribution in [3.8, 4) is 6.07 Å². The van der Waals surface area contributed by atoms with Crippen LogP contribution in [0.1, 0.15) is 30.4 Å². The van der Waals surface area contributed by atoms with Gasteiger partial charge in [0.05, 0.1) is 18.2 Å². The molecular formula is C15H14N2O2. The van der Waals surface area contributed by atoms with Crippen LogP contribution in [0.25, 0.3) is 0 Å². The summed E-state index contributed by atoms with van der Waals surface area (Å²) in [7, 11) is 0. The van der Waals surface area contributed by atoms with Crippen LogP contribution in [0, 0.1) is 23.2 Å². The SMILES string of the molecule is N#Cc1ccc(CN2C(=O)C3CCC(C3)C2=O)cc1. The van der Waals surface area contributed by atoms with Gasteiger partial charge in [-0.25, -0.2) is 0 Å². The number of nitrogens with zero attached hydrogens (tertiary/aromatic N) is 2. The van der Waals surface area contributed by atoms with Crippen molar-refractivity contribution >= 4 is 11.8 Å². The van der Waals surface area contributed by atoms with Gasteiger partial charge in [0.2, 0.25) is 11.8 Å². The van der Waals surface area contributed by atoms with Crippen LogP contribution in [0.2, 0.25) is 0 Å². The van der Waals surface area contributed by atoms with Crippen LogP contribution in [0.4, 0.5) is 0 Å². The quantitative estimate of drug-likeness (QED) is 0.756. The van der Waals surface area contributed by atoms with Gasteiger partial charge in [0.1, 0.15) is 0 Å². The zero-order chi connectivity index (χ0) is 13.4. The van der Waals surface area contributed by atoms with E-state index < -0.39 is 0 Å². The van der Waals surface area contributed by atoms with Gasteiger partial charge in [-0.2, -0.15) is 5.26 Å². The fourth-order valence-electron chi connectivity index (χ4n) is 3.00. The van der Waals surface area contributed by atoms with Gasteiger partial charge in [-0.1, -0.05) is 12.1 Å². The van der Waals surface area contributed by atoms with Gasteiger partial charge in [-0.05, 0) is 37.0 Å². The second-order valence-corrected chi connectivity index (χ2v) is 5.28. The van der Waals surface area contributed by atoms with Crippen LogP contribution in [0.15, 0.2) is 24.3 Å². The molecule has 0 aromatic heterocycles. The highest BCUT2D eigenvalue weighted by atomic mass is 16.2. The Morgan fingerprint density at radius 3 is 2.21 bits per heavy atom. The molecule has 0 radical (unpaired) electrons. The number of amides is 2. The molecule has 96 valence electrons. The molecule has 4 nitrogen and oxygen atoms in total. The summed E-state index contributed by atoms with van der Waals surface area (Å²) in [5.41, 5.74) is 1.47. The molecule has 3 rings (SSSR count). The third-order valence-electron chi connectivity index (χ3n) is 4.09. The fraction of sp³-hybridized carbons (Fsp3) is 0.400. The summed E-state index contributed by atoms with van der Waals surface area (Å²) in [4.78, 5) is 25.7. The van der Waals surface area contributed by atoms with E-state index in [-0.39, 0.29) is 23.7 Å². The Morgan fingerprint density at radius 1 is 1.11 bits per heavy atom. The van der Waals surface area contributed by atoms with Crippen LogP contribution < -0.4 is 0 Å². The van der Waals surface area contributed by atoms with Crippen molar-refractivity contribution in [2.75, 3.05) is 0 Å². The van der Waals surface area contributed by atoms with Crippen LogP contribution >= 0.6 is 0 Å². The van der Waals surface area contributed by atoms with Crippen LogP contribution in [0.5, 0.6) is 0 Å². The van der Waals surface area contributed by atoms with Crippen molar-refractivity contribution < 1.29 is 9.59 Å². The fourth-order valence-corrected chi connectivity index (χ4v) is 3.00. The summed E-state index contributed by atoms with van der Waals surface area (Å²) in [5, 5.41) is 8.74. The number of rotatable bonds is 2. The molecule has 2 unspecified atom stereocenters. The van der Waals surface area contributed by atoms with E-state index in [0.29, 0.717) is 12.1 Å². The molecule has 4 heteroatoms. The molecule has 1 aliphatic heterocycles. The van der Waals surface area contributed by atoms with E-state index in [9.17, 15) is 9.59 Å². The maximum atomic E-state index is 12.2. The summed E-state index contributed by atoms with van der Waals surface area (Å²) >= 11 is 0. The zero-order valence-electron chi connectivity index (χ0n) is 10.5. The van der Waals surface area contributed by atoms with Crippen molar-refractivity contribution in [2.45, 2.75) is 25.8 Å². The van der Waals surface area contributed by atoms with E-state index in [1.807, 2.05) is 0 Å². The lowest BCUT2D eigenvalue weighted by Crippen LogP contribution is -2.45. The first kappa shape index (κ1) is 11.9. The van der Waals surface area contributed by atoms with Crippen LogP contribution in [-0.4, -0.2) is 16.7 Å². The highest BCUT2D eigenvalue weighted by Gasteiger charge is 2.44. The van der Waals surface area contributed by atoms with Crippen molar-refractivity contribution in [1.29, 1.82) is 5.26 Å². The number of carbonyl (C=O) groups is 2. The molecule has 1 aliphatic carbocycles. The number of fused-ring (bicyclic) bond motifs is 2. The molecule has 0 spiro atoms. The molecule has 0 N–H and O–H groups in total. The van der Waals surface area contributed by atoms with Gasteiger partial charge in [0, 0.05) is 11.8 Å². The summed E-state index contributed by atoms with van der Waals surface area (Å²) in [6.45, 7) is 0.330. The molecule has 19 heavy (non-hydrogen) atoms. The number of likely N-dealkylation sites (tertiary alicyclic amines) is 1. The molecule has 2 fully saturated rings. The van der Waals surface area contributed by atoms with E-state index >= 15 is 0 Å². The van der Waals surface area contributed by atoms with Gasteiger partial charge in [-0.15, -0.1) is 0 Å². The van der Waals surface area contributed by atoms with Crippen LogP contribution in [-0.2, 0) is 16.1 Å². The van der Waals surface area contributed by atoms with Crippen molar-refractivity contribution in [2.24, 2.45) is 11.8 Å². The Bertz CT molecular complexity index is 549. The molecule has 1 aromatic carbocycles. The van der Waals surface area contributed by atoms with Crippen molar-refractivity contribution in [3.63, 3.8) is 0 Å².